The van der Waals surface area contributed by atoms with Crippen molar-refractivity contribution >= 4 is 23.4 Å². The van der Waals surface area contributed by atoms with Crippen molar-refractivity contribution in [2.24, 2.45) is 5.73 Å². The Kier molecular flexibility index (Phi) is 6.85. The molecule has 0 aliphatic heterocycles. The maximum atomic E-state index is 12.3. The monoisotopic (exact) mass is 333 g/mol. The molecule has 0 aliphatic carbocycles. The minimum Gasteiger partial charge on any atom is -0.492 e. The average molecular weight is 333 g/mol. The lowest BCUT2D eigenvalue weighted by atomic mass is 10.0. The molecule has 1 amide bonds. The lowest BCUT2D eigenvalue weighted by Crippen LogP contribution is -2.27. The molecule has 128 valence electrons. The molecule has 0 saturated carbocycles. The molecule has 7 nitrogen and oxygen atoms in total. The first-order valence-corrected chi connectivity index (χ1v) is 7.20. The first kappa shape index (κ1) is 19.1. The number of carbonyl (C=O) groups excluding carboxylic acids is 4. The van der Waals surface area contributed by atoms with Crippen LogP contribution in [0.25, 0.3) is 0 Å². The fraction of sp³-hybridized carbons (Fsp3) is 0.294. The van der Waals surface area contributed by atoms with Crippen LogP contribution in [-0.4, -0.2) is 37.2 Å². The molecule has 0 bridgehead atoms. The maximum Gasteiger partial charge on any atom is 0.347 e. The Hall–Kier alpha value is -2.96. The number of hydrogen-bond acceptors (Lipinski definition) is 6. The van der Waals surface area contributed by atoms with Crippen molar-refractivity contribution < 1.29 is 28.7 Å². The minimum absolute atomic E-state index is 0.0108. The number of methoxy groups -OCH3 is 1. The first-order valence-electron chi connectivity index (χ1n) is 7.20. The van der Waals surface area contributed by atoms with E-state index in [0.717, 1.165) is 12.7 Å². The summed E-state index contributed by atoms with van der Waals surface area (Å²) in [5, 5.41) is 0. The van der Waals surface area contributed by atoms with Crippen LogP contribution in [0.2, 0.25) is 0 Å². The number of esters is 1. The van der Waals surface area contributed by atoms with E-state index >= 15 is 0 Å². The normalized spacial score (nSPS) is 11.3. The van der Waals surface area contributed by atoms with E-state index < -0.39 is 41.2 Å². The summed E-state index contributed by atoms with van der Waals surface area (Å²) in [7, 11) is 1.10. The molecule has 0 aromatic heterocycles. The zero-order chi connectivity index (χ0) is 18.3. The van der Waals surface area contributed by atoms with Crippen LogP contribution in [0.4, 0.5) is 0 Å². The molecule has 1 aromatic rings. The van der Waals surface area contributed by atoms with Gasteiger partial charge in [0.25, 0.3) is 5.91 Å². The fourth-order valence-electron chi connectivity index (χ4n) is 1.93. The molecule has 0 aliphatic rings. The van der Waals surface area contributed by atoms with Gasteiger partial charge in [0.1, 0.15) is 0 Å². The fourth-order valence-corrected chi connectivity index (χ4v) is 1.93. The predicted molar refractivity (Wildman–Crippen MR) is 85.0 cm³/mol. The van der Waals surface area contributed by atoms with E-state index in [1.54, 1.807) is 24.3 Å². The molecular formula is C17H19NO6. The molecule has 24 heavy (non-hydrogen) atoms. The molecule has 0 saturated heterocycles. The standard InChI is InChI=1S/C17H19NO6/c1-4-24-17(22)14(16(18)21)15(23-3)13(20)9-12(19)11-7-5-10(2)6-8-11/h5-8H,4,9H2,1-3H3,(H2,18,21)/b15-14+. The highest BCUT2D eigenvalue weighted by molar-refractivity contribution is 6.23. The third-order valence-corrected chi connectivity index (χ3v) is 3.11. The number of ether oxygens (including phenoxy) is 2. The van der Waals surface area contributed by atoms with E-state index in [0.29, 0.717) is 5.56 Å². The molecule has 7 heteroatoms. The number of allylic oxidation sites excluding steroid dienone is 1. The topological polar surface area (TPSA) is 113 Å². The highest BCUT2D eigenvalue weighted by atomic mass is 16.5. The van der Waals surface area contributed by atoms with Crippen LogP contribution in [-0.2, 0) is 23.9 Å². The number of primary amides is 1. The Bertz CT molecular complexity index is 688. The quantitative estimate of drug-likeness (QED) is 0.190. The van der Waals surface area contributed by atoms with Crippen LogP contribution in [0.3, 0.4) is 0 Å². The van der Waals surface area contributed by atoms with Crippen LogP contribution < -0.4 is 5.73 Å². The lowest BCUT2D eigenvalue weighted by Gasteiger charge is -2.10. The van der Waals surface area contributed by atoms with E-state index in [4.69, 9.17) is 10.5 Å². The van der Waals surface area contributed by atoms with Gasteiger partial charge in [-0.15, -0.1) is 0 Å². The average Bonchev–Trinajstić information content (AvgIpc) is 2.52. The summed E-state index contributed by atoms with van der Waals surface area (Å²) in [6.07, 6.45) is -0.567. The third kappa shape index (κ3) is 4.77. The van der Waals surface area contributed by atoms with Crippen LogP contribution in [0.5, 0.6) is 0 Å². The number of nitrogens with two attached hydrogens (primary N) is 1. The van der Waals surface area contributed by atoms with E-state index in [1.807, 2.05) is 6.92 Å². The SMILES string of the molecule is CCOC(=O)/C(C(N)=O)=C(/OC)C(=O)CC(=O)c1ccc(C)cc1. The van der Waals surface area contributed by atoms with Gasteiger partial charge in [-0.3, -0.25) is 14.4 Å². The summed E-state index contributed by atoms with van der Waals surface area (Å²) in [6, 6.07) is 6.64. The van der Waals surface area contributed by atoms with Crippen LogP contribution in [0.1, 0.15) is 29.3 Å². The van der Waals surface area contributed by atoms with Crippen molar-refractivity contribution in [2.75, 3.05) is 13.7 Å². The van der Waals surface area contributed by atoms with Gasteiger partial charge < -0.3 is 15.2 Å². The predicted octanol–water partition coefficient (Wildman–Crippen LogP) is 1.09. The number of benzene rings is 1. The van der Waals surface area contributed by atoms with Crippen molar-refractivity contribution in [2.45, 2.75) is 20.3 Å². The second-order valence-corrected chi connectivity index (χ2v) is 4.88. The van der Waals surface area contributed by atoms with Crippen molar-refractivity contribution in [3.8, 4) is 0 Å². The zero-order valence-corrected chi connectivity index (χ0v) is 13.8. The number of carbonyl (C=O) groups is 4. The van der Waals surface area contributed by atoms with Gasteiger partial charge in [0, 0.05) is 5.56 Å². The Morgan fingerprint density at radius 3 is 2.12 bits per heavy atom. The molecule has 1 aromatic carbocycles. The van der Waals surface area contributed by atoms with Gasteiger partial charge in [0.15, 0.2) is 17.1 Å². The Morgan fingerprint density at radius 1 is 1.08 bits per heavy atom. The van der Waals surface area contributed by atoms with Gasteiger partial charge in [0.2, 0.25) is 5.78 Å². The summed E-state index contributed by atoms with van der Waals surface area (Å²) in [6.45, 7) is 3.39. The molecule has 0 fully saturated rings. The summed E-state index contributed by atoms with van der Waals surface area (Å²) in [5.41, 5.74) is 5.72. The number of aryl methyl sites for hydroxylation is 1. The molecular weight excluding hydrogens is 314 g/mol. The Balaban J connectivity index is 3.09. The van der Waals surface area contributed by atoms with E-state index in [2.05, 4.69) is 4.74 Å². The summed E-state index contributed by atoms with van der Waals surface area (Å²) in [4.78, 5) is 47.6. The van der Waals surface area contributed by atoms with Crippen LogP contribution in [0.15, 0.2) is 35.6 Å². The second-order valence-electron chi connectivity index (χ2n) is 4.88. The van der Waals surface area contributed by atoms with Crippen LogP contribution in [0, 0.1) is 6.92 Å². The number of ketones is 2. The summed E-state index contributed by atoms with van der Waals surface area (Å²) >= 11 is 0. The molecule has 0 heterocycles. The number of amides is 1. The third-order valence-electron chi connectivity index (χ3n) is 3.11. The van der Waals surface area contributed by atoms with Gasteiger partial charge in [-0.1, -0.05) is 29.8 Å². The van der Waals surface area contributed by atoms with E-state index in [9.17, 15) is 19.2 Å². The van der Waals surface area contributed by atoms with Crippen molar-refractivity contribution in [3.05, 3.63) is 46.7 Å². The zero-order valence-electron chi connectivity index (χ0n) is 13.8. The van der Waals surface area contributed by atoms with Crippen molar-refractivity contribution in [1.29, 1.82) is 0 Å². The maximum absolute atomic E-state index is 12.3. The number of hydrogen-bond donors (Lipinski definition) is 1. The van der Waals surface area contributed by atoms with Gasteiger partial charge in [-0.2, -0.15) is 0 Å². The molecule has 0 spiro atoms. The lowest BCUT2D eigenvalue weighted by molar-refractivity contribution is -0.140. The Morgan fingerprint density at radius 2 is 1.67 bits per heavy atom. The minimum atomic E-state index is -1.17. The molecule has 0 unspecified atom stereocenters. The van der Waals surface area contributed by atoms with E-state index in [-0.39, 0.29) is 6.61 Å². The molecule has 0 atom stereocenters. The highest BCUT2D eigenvalue weighted by Crippen LogP contribution is 2.14. The molecule has 0 radical (unpaired) electrons. The smallest absolute Gasteiger partial charge is 0.347 e. The molecule has 2 N–H and O–H groups in total. The van der Waals surface area contributed by atoms with Gasteiger partial charge in [-0.05, 0) is 13.8 Å². The summed E-state index contributed by atoms with van der Waals surface area (Å²) in [5.74, 6) is -4.12. The van der Waals surface area contributed by atoms with Crippen LogP contribution >= 0.6 is 0 Å². The summed E-state index contributed by atoms with van der Waals surface area (Å²) < 4.78 is 9.52. The second kappa shape index (κ2) is 8.61. The molecule has 1 rings (SSSR count). The number of Topliss-reactive ketones (excluding diaryl/α,β-unsaturated/α-hetero) is 2. The van der Waals surface area contributed by atoms with Gasteiger partial charge in [0.05, 0.1) is 20.1 Å². The number of rotatable bonds is 8. The first-order chi connectivity index (χ1) is 11.3. The highest BCUT2D eigenvalue weighted by Gasteiger charge is 2.29. The van der Waals surface area contributed by atoms with Gasteiger partial charge in [-0.25, -0.2) is 4.79 Å². The van der Waals surface area contributed by atoms with Crippen molar-refractivity contribution in [1.82, 2.24) is 0 Å². The van der Waals surface area contributed by atoms with Crippen molar-refractivity contribution in [3.63, 3.8) is 0 Å². The largest absolute Gasteiger partial charge is 0.492 e. The van der Waals surface area contributed by atoms with Gasteiger partial charge >= 0.3 is 5.97 Å². The van der Waals surface area contributed by atoms with E-state index in [1.165, 1.54) is 6.92 Å². The Labute approximate surface area is 139 Å².